The molecule has 6 heteroatoms. The Morgan fingerprint density at radius 2 is 1.75 bits per heavy atom. The lowest BCUT2D eigenvalue weighted by Gasteiger charge is -2.20. The van der Waals surface area contributed by atoms with Gasteiger partial charge in [-0.3, -0.25) is 4.79 Å². The highest BCUT2D eigenvalue weighted by Crippen LogP contribution is 2.39. The first-order valence-corrected chi connectivity index (χ1v) is 5.93. The van der Waals surface area contributed by atoms with Gasteiger partial charge in [-0.1, -0.05) is 0 Å². The molecule has 0 aliphatic heterocycles. The molecule has 0 fully saturated rings. The van der Waals surface area contributed by atoms with E-state index in [-0.39, 0.29) is 11.3 Å². The van der Waals surface area contributed by atoms with Crippen LogP contribution in [-0.4, -0.2) is 32.8 Å². The number of ether oxygens (including phenoxy) is 3. The van der Waals surface area contributed by atoms with Gasteiger partial charge in [-0.05, 0) is 26.0 Å². The summed E-state index contributed by atoms with van der Waals surface area (Å²) in [6.45, 7) is 3.22. The van der Waals surface area contributed by atoms with Gasteiger partial charge in [0.1, 0.15) is 5.54 Å². The predicted octanol–water partition coefficient (Wildman–Crippen LogP) is 1.74. The van der Waals surface area contributed by atoms with Crippen molar-refractivity contribution in [2.45, 2.75) is 19.4 Å². The van der Waals surface area contributed by atoms with Crippen molar-refractivity contribution in [3.05, 3.63) is 17.7 Å². The highest BCUT2D eigenvalue weighted by atomic mass is 16.5. The average molecular weight is 278 g/mol. The van der Waals surface area contributed by atoms with E-state index < -0.39 is 11.4 Å². The number of hydrogen-bond donors (Lipinski definition) is 1. The summed E-state index contributed by atoms with van der Waals surface area (Å²) in [5.41, 5.74) is -0.705. The number of carbonyl (C=O) groups excluding carboxylic acids is 1. The maximum Gasteiger partial charge on any atom is 0.256 e. The van der Waals surface area contributed by atoms with Gasteiger partial charge in [0.15, 0.2) is 11.5 Å². The van der Waals surface area contributed by atoms with E-state index in [0.29, 0.717) is 11.5 Å². The predicted molar refractivity (Wildman–Crippen MR) is 73.3 cm³/mol. The molecule has 0 aliphatic carbocycles. The van der Waals surface area contributed by atoms with Crippen molar-refractivity contribution in [3.8, 4) is 23.3 Å². The van der Waals surface area contributed by atoms with Crippen molar-refractivity contribution in [2.75, 3.05) is 21.3 Å². The SMILES string of the molecule is COc1ccc(C(=O)NC(C)(C)C#N)c(OC)c1OC. The Morgan fingerprint density at radius 3 is 2.20 bits per heavy atom. The van der Waals surface area contributed by atoms with Gasteiger partial charge in [0.05, 0.1) is 33.0 Å². The summed E-state index contributed by atoms with van der Waals surface area (Å²) >= 11 is 0. The molecule has 0 spiro atoms. The van der Waals surface area contributed by atoms with E-state index in [9.17, 15) is 4.79 Å². The Morgan fingerprint density at radius 1 is 1.15 bits per heavy atom. The summed E-state index contributed by atoms with van der Waals surface area (Å²) in [5, 5.41) is 11.6. The zero-order valence-corrected chi connectivity index (χ0v) is 12.2. The Kier molecular flexibility index (Phi) is 4.81. The zero-order valence-electron chi connectivity index (χ0n) is 12.2. The van der Waals surface area contributed by atoms with E-state index in [1.165, 1.54) is 21.3 Å². The van der Waals surface area contributed by atoms with Crippen LogP contribution in [0.15, 0.2) is 12.1 Å². The lowest BCUT2D eigenvalue weighted by molar-refractivity contribution is 0.0925. The number of amides is 1. The van der Waals surface area contributed by atoms with Crippen LogP contribution in [0.3, 0.4) is 0 Å². The molecule has 108 valence electrons. The van der Waals surface area contributed by atoms with Crippen LogP contribution in [0.4, 0.5) is 0 Å². The zero-order chi connectivity index (χ0) is 15.3. The van der Waals surface area contributed by atoms with Crippen molar-refractivity contribution in [2.24, 2.45) is 0 Å². The molecule has 0 bridgehead atoms. The minimum absolute atomic E-state index is 0.262. The van der Waals surface area contributed by atoms with E-state index in [2.05, 4.69) is 5.32 Å². The van der Waals surface area contributed by atoms with Crippen molar-refractivity contribution >= 4 is 5.91 Å². The quantitative estimate of drug-likeness (QED) is 0.887. The summed E-state index contributed by atoms with van der Waals surface area (Å²) in [6, 6.07) is 5.17. The lowest BCUT2D eigenvalue weighted by atomic mass is 10.1. The number of hydrogen-bond acceptors (Lipinski definition) is 5. The second-order valence-electron chi connectivity index (χ2n) is 4.57. The highest BCUT2D eigenvalue weighted by molar-refractivity contribution is 5.98. The highest BCUT2D eigenvalue weighted by Gasteiger charge is 2.25. The first kappa shape index (κ1) is 15.6. The maximum absolute atomic E-state index is 12.2. The van der Waals surface area contributed by atoms with Crippen molar-refractivity contribution < 1.29 is 19.0 Å². The van der Waals surface area contributed by atoms with Crippen LogP contribution in [0.25, 0.3) is 0 Å². The molecular weight excluding hydrogens is 260 g/mol. The van der Waals surface area contributed by atoms with E-state index in [1.54, 1.807) is 26.0 Å². The van der Waals surface area contributed by atoms with Crippen LogP contribution in [0, 0.1) is 11.3 Å². The molecule has 1 aromatic carbocycles. The molecule has 1 N–H and O–H groups in total. The fraction of sp³-hybridized carbons (Fsp3) is 0.429. The van der Waals surface area contributed by atoms with Gasteiger partial charge < -0.3 is 19.5 Å². The van der Waals surface area contributed by atoms with E-state index >= 15 is 0 Å². The fourth-order valence-corrected chi connectivity index (χ4v) is 1.66. The minimum Gasteiger partial charge on any atom is -0.493 e. The van der Waals surface area contributed by atoms with Crippen LogP contribution in [0.1, 0.15) is 24.2 Å². The van der Waals surface area contributed by atoms with E-state index in [0.717, 1.165) is 0 Å². The molecule has 1 aromatic rings. The van der Waals surface area contributed by atoms with Crippen LogP contribution >= 0.6 is 0 Å². The number of nitrogens with one attached hydrogen (secondary N) is 1. The standard InChI is InChI=1S/C14H18N2O4/c1-14(2,8-15)16-13(17)9-6-7-10(18-3)12(20-5)11(9)19-4/h6-7H,1-5H3,(H,16,17). The Bertz CT molecular complexity index is 547. The Balaban J connectivity index is 3.26. The first-order valence-electron chi connectivity index (χ1n) is 5.93. The van der Waals surface area contributed by atoms with E-state index in [4.69, 9.17) is 19.5 Å². The molecule has 0 saturated carbocycles. The van der Waals surface area contributed by atoms with Gasteiger partial charge in [0.25, 0.3) is 5.91 Å². The topological polar surface area (TPSA) is 80.6 Å². The molecular formula is C14H18N2O4. The molecule has 0 aliphatic rings. The third kappa shape index (κ3) is 3.12. The number of methoxy groups -OCH3 is 3. The average Bonchev–Trinajstić information content (AvgIpc) is 2.44. The van der Waals surface area contributed by atoms with Gasteiger partial charge in [-0.2, -0.15) is 5.26 Å². The molecule has 0 aromatic heterocycles. The van der Waals surface area contributed by atoms with Gasteiger partial charge in [0, 0.05) is 0 Å². The van der Waals surface area contributed by atoms with Crippen molar-refractivity contribution in [1.29, 1.82) is 5.26 Å². The number of nitriles is 1. The number of benzene rings is 1. The molecule has 0 heterocycles. The summed E-state index contributed by atoms with van der Waals surface area (Å²) in [5.74, 6) is 0.630. The molecule has 0 radical (unpaired) electrons. The maximum atomic E-state index is 12.2. The Labute approximate surface area is 118 Å². The monoisotopic (exact) mass is 278 g/mol. The first-order chi connectivity index (χ1) is 9.40. The molecule has 20 heavy (non-hydrogen) atoms. The summed E-state index contributed by atoms with van der Waals surface area (Å²) in [4.78, 5) is 12.2. The minimum atomic E-state index is -0.977. The smallest absolute Gasteiger partial charge is 0.256 e. The van der Waals surface area contributed by atoms with Crippen LogP contribution in [0.5, 0.6) is 17.2 Å². The van der Waals surface area contributed by atoms with Gasteiger partial charge in [-0.15, -0.1) is 0 Å². The van der Waals surface area contributed by atoms with Gasteiger partial charge in [-0.25, -0.2) is 0 Å². The van der Waals surface area contributed by atoms with Crippen LogP contribution in [-0.2, 0) is 0 Å². The van der Waals surface area contributed by atoms with Crippen LogP contribution < -0.4 is 19.5 Å². The normalized spacial score (nSPS) is 10.4. The number of rotatable bonds is 5. The second-order valence-corrected chi connectivity index (χ2v) is 4.57. The van der Waals surface area contributed by atoms with Crippen molar-refractivity contribution in [3.63, 3.8) is 0 Å². The fourth-order valence-electron chi connectivity index (χ4n) is 1.66. The third-order valence-electron chi connectivity index (χ3n) is 2.65. The molecule has 1 rings (SSSR count). The largest absolute Gasteiger partial charge is 0.493 e. The molecule has 6 nitrogen and oxygen atoms in total. The molecule has 0 unspecified atom stereocenters. The summed E-state index contributed by atoms with van der Waals surface area (Å²) < 4.78 is 15.6. The lowest BCUT2D eigenvalue weighted by Crippen LogP contribution is -2.42. The van der Waals surface area contributed by atoms with E-state index in [1.807, 2.05) is 6.07 Å². The number of carbonyl (C=O) groups is 1. The van der Waals surface area contributed by atoms with Gasteiger partial charge in [0.2, 0.25) is 5.75 Å². The van der Waals surface area contributed by atoms with Gasteiger partial charge >= 0.3 is 0 Å². The summed E-state index contributed by atoms with van der Waals surface area (Å²) in [6.07, 6.45) is 0. The molecule has 0 atom stereocenters. The molecule has 0 saturated heterocycles. The Hall–Kier alpha value is -2.42. The second kappa shape index (κ2) is 6.15. The third-order valence-corrected chi connectivity index (χ3v) is 2.65. The van der Waals surface area contributed by atoms with Crippen LogP contribution in [0.2, 0.25) is 0 Å². The van der Waals surface area contributed by atoms with Crippen molar-refractivity contribution in [1.82, 2.24) is 5.32 Å². The summed E-state index contributed by atoms with van der Waals surface area (Å²) in [7, 11) is 4.39. The molecule has 1 amide bonds. The number of nitrogens with zero attached hydrogens (tertiary/aromatic N) is 1.